The number of piperidine rings is 1. The summed E-state index contributed by atoms with van der Waals surface area (Å²) in [6.45, 7) is 4.43. The van der Waals surface area contributed by atoms with Crippen LogP contribution in [0.5, 0.6) is 0 Å². The lowest BCUT2D eigenvalue weighted by Gasteiger charge is -2.33. The number of aryl methyl sites for hydroxylation is 1. The Bertz CT molecular complexity index is 597. The van der Waals surface area contributed by atoms with Gasteiger partial charge in [0.25, 0.3) is 5.91 Å². The highest BCUT2D eigenvalue weighted by Crippen LogP contribution is 2.24. The molecule has 2 aromatic heterocycles. The van der Waals surface area contributed by atoms with E-state index in [2.05, 4.69) is 10.2 Å². The zero-order chi connectivity index (χ0) is 15.4. The molecular weight excluding hydrogens is 280 g/mol. The second-order valence-corrected chi connectivity index (χ2v) is 5.73. The molecule has 1 fully saturated rings. The van der Waals surface area contributed by atoms with Gasteiger partial charge in [-0.3, -0.25) is 9.69 Å². The summed E-state index contributed by atoms with van der Waals surface area (Å²) in [5, 5.41) is 3.01. The molecule has 0 aliphatic carbocycles. The first-order valence-electron chi connectivity index (χ1n) is 7.85. The van der Waals surface area contributed by atoms with Crippen molar-refractivity contribution in [3.8, 4) is 0 Å². The summed E-state index contributed by atoms with van der Waals surface area (Å²) in [6.07, 6.45) is 6.91. The molecule has 1 N–H and O–H groups in total. The zero-order valence-corrected chi connectivity index (χ0v) is 12.9. The molecule has 0 spiro atoms. The van der Waals surface area contributed by atoms with Gasteiger partial charge in [0, 0.05) is 6.54 Å². The summed E-state index contributed by atoms with van der Waals surface area (Å²) in [5.41, 5.74) is 0.594. The number of nitrogens with zero attached hydrogens (tertiary/aromatic N) is 1. The van der Waals surface area contributed by atoms with Gasteiger partial charge in [-0.25, -0.2) is 0 Å². The third-order valence-corrected chi connectivity index (χ3v) is 4.26. The molecule has 1 atom stereocenters. The van der Waals surface area contributed by atoms with Crippen LogP contribution in [0, 0.1) is 6.92 Å². The third-order valence-electron chi connectivity index (χ3n) is 4.26. The number of likely N-dealkylation sites (tertiary alicyclic amines) is 1. The molecule has 3 heterocycles. The minimum absolute atomic E-state index is 0.0893. The summed E-state index contributed by atoms with van der Waals surface area (Å²) in [5.74, 6) is 1.45. The summed E-state index contributed by atoms with van der Waals surface area (Å²) in [7, 11) is 0. The number of nitrogens with one attached hydrogen (secondary N) is 1. The molecule has 5 nitrogen and oxygen atoms in total. The van der Waals surface area contributed by atoms with Crippen LogP contribution in [0.2, 0.25) is 0 Å². The summed E-state index contributed by atoms with van der Waals surface area (Å²) < 4.78 is 10.8. The molecule has 0 radical (unpaired) electrons. The molecule has 22 heavy (non-hydrogen) atoms. The molecule has 118 valence electrons. The third kappa shape index (κ3) is 3.25. The quantitative estimate of drug-likeness (QED) is 0.922. The Morgan fingerprint density at radius 1 is 1.23 bits per heavy atom. The summed E-state index contributed by atoms with van der Waals surface area (Å²) in [6, 6.07) is 5.67. The fourth-order valence-corrected chi connectivity index (χ4v) is 3.03. The van der Waals surface area contributed by atoms with Gasteiger partial charge in [-0.05, 0) is 51.1 Å². The normalized spacial score (nSPS) is 17.3. The van der Waals surface area contributed by atoms with Crippen molar-refractivity contribution < 1.29 is 13.6 Å². The van der Waals surface area contributed by atoms with Crippen LogP contribution in [-0.4, -0.2) is 30.4 Å². The minimum atomic E-state index is -0.0974. The molecule has 0 aromatic carbocycles. The van der Waals surface area contributed by atoms with Crippen molar-refractivity contribution in [3.05, 3.63) is 47.8 Å². The molecule has 1 amide bonds. The number of rotatable bonds is 5. The van der Waals surface area contributed by atoms with Gasteiger partial charge in [-0.15, -0.1) is 0 Å². The Labute approximate surface area is 130 Å². The predicted octanol–water partition coefficient (Wildman–Crippen LogP) is 3.14. The van der Waals surface area contributed by atoms with Gasteiger partial charge in [0.1, 0.15) is 11.5 Å². The van der Waals surface area contributed by atoms with E-state index in [-0.39, 0.29) is 11.9 Å². The van der Waals surface area contributed by atoms with Crippen LogP contribution in [0.3, 0.4) is 0 Å². The van der Waals surface area contributed by atoms with Crippen molar-refractivity contribution in [1.29, 1.82) is 0 Å². The highest BCUT2D eigenvalue weighted by atomic mass is 16.3. The largest absolute Gasteiger partial charge is 0.469 e. The van der Waals surface area contributed by atoms with Gasteiger partial charge >= 0.3 is 0 Å². The Morgan fingerprint density at radius 2 is 2.05 bits per heavy atom. The van der Waals surface area contributed by atoms with Crippen molar-refractivity contribution in [2.24, 2.45) is 0 Å². The molecule has 1 saturated heterocycles. The van der Waals surface area contributed by atoms with E-state index in [0.29, 0.717) is 17.9 Å². The van der Waals surface area contributed by atoms with Gasteiger partial charge in [0.2, 0.25) is 0 Å². The van der Waals surface area contributed by atoms with E-state index < -0.39 is 0 Å². The molecular formula is C17H22N2O3. The fourth-order valence-electron chi connectivity index (χ4n) is 3.03. The van der Waals surface area contributed by atoms with Crippen molar-refractivity contribution in [3.63, 3.8) is 0 Å². The van der Waals surface area contributed by atoms with E-state index in [4.69, 9.17) is 8.83 Å². The lowest BCUT2D eigenvalue weighted by atomic mass is 10.1. The van der Waals surface area contributed by atoms with E-state index in [1.54, 1.807) is 25.5 Å². The van der Waals surface area contributed by atoms with Crippen molar-refractivity contribution in [1.82, 2.24) is 10.2 Å². The number of furan rings is 2. The van der Waals surface area contributed by atoms with Crippen molar-refractivity contribution in [2.45, 2.75) is 32.2 Å². The monoisotopic (exact) mass is 302 g/mol. The molecule has 1 aliphatic heterocycles. The Balaban J connectivity index is 1.68. The van der Waals surface area contributed by atoms with Crippen molar-refractivity contribution >= 4 is 5.91 Å². The van der Waals surface area contributed by atoms with Crippen LogP contribution in [0.1, 0.15) is 47.2 Å². The standard InChI is InChI=1S/C17H22N2O3/c1-13-14(7-11-21-13)17(20)18-12-15(16-6-5-10-22-16)19-8-3-2-4-9-19/h5-7,10-11,15H,2-4,8-9,12H2,1H3,(H,18,20). The van der Waals surface area contributed by atoms with Gasteiger partial charge in [-0.2, -0.15) is 0 Å². The van der Waals surface area contributed by atoms with Gasteiger partial charge < -0.3 is 14.2 Å². The minimum Gasteiger partial charge on any atom is -0.469 e. The van der Waals surface area contributed by atoms with E-state index in [1.165, 1.54) is 19.3 Å². The fraction of sp³-hybridized carbons (Fsp3) is 0.471. The number of hydrogen-bond donors (Lipinski definition) is 1. The maximum absolute atomic E-state index is 12.3. The first-order chi connectivity index (χ1) is 10.8. The van der Waals surface area contributed by atoms with E-state index in [1.807, 2.05) is 12.1 Å². The van der Waals surface area contributed by atoms with Gasteiger partial charge in [0.05, 0.1) is 24.1 Å². The highest BCUT2D eigenvalue weighted by Gasteiger charge is 2.25. The molecule has 3 rings (SSSR count). The SMILES string of the molecule is Cc1occc1C(=O)NCC(c1ccco1)N1CCCCC1. The Hall–Kier alpha value is -2.01. The van der Waals surface area contributed by atoms with Crippen LogP contribution in [0.15, 0.2) is 39.6 Å². The Kier molecular flexibility index (Phi) is 4.63. The van der Waals surface area contributed by atoms with E-state index >= 15 is 0 Å². The topological polar surface area (TPSA) is 58.6 Å². The highest BCUT2D eigenvalue weighted by molar-refractivity contribution is 5.95. The summed E-state index contributed by atoms with van der Waals surface area (Å²) >= 11 is 0. The number of hydrogen-bond acceptors (Lipinski definition) is 4. The van der Waals surface area contributed by atoms with Gasteiger partial charge in [-0.1, -0.05) is 6.42 Å². The number of carbonyl (C=O) groups is 1. The van der Waals surface area contributed by atoms with E-state index in [0.717, 1.165) is 18.8 Å². The Morgan fingerprint density at radius 3 is 2.68 bits per heavy atom. The maximum atomic E-state index is 12.3. The molecule has 0 bridgehead atoms. The van der Waals surface area contributed by atoms with Crippen LogP contribution in [-0.2, 0) is 0 Å². The molecule has 1 aliphatic rings. The maximum Gasteiger partial charge on any atom is 0.254 e. The first kappa shape index (κ1) is 14.9. The predicted molar refractivity (Wildman–Crippen MR) is 82.7 cm³/mol. The summed E-state index contributed by atoms with van der Waals surface area (Å²) in [4.78, 5) is 14.7. The zero-order valence-electron chi connectivity index (χ0n) is 12.9. The van der Waals surface area contributed by atoms with Crippen LogP contribution >= 0.6 is 0 Å². The van der Waals surface area contributed by atoms with Crippen LogP contribution in [0.25, 0.3) is 0 Å². The van der Waals surface area contributed by atoms with E-state index in [9.17, 15) is 4.79 Å². The molecule has 2 aromatic rings. The second kappa shape index (κ2) is 6.83. The van der Waals surface area contributed by atoms with Crippen molar-refractivity contribution in [2.75, 3.05) is 19.6 Å². The van der Waals surface area contributed by atoms with Crippen LogP contribution in [0.4, 0.5) is 0 Å². The molecule has 1 unspecified atom stereocenters. The average molecular weight is 302 g/mol. The average Bonchev–Trinajstić information content (AvgIpc) is 3.20. The lowest BCUT2D eigenvalue weighted by molar-refractivity contribution is 0.0912. The van der Waals surface area contributed by atoms with Crippen LogP contribution < -0.4 is 5.32 Å². The number of amides is 1. The number of carbonyl (C=O) groups excluding carboxylic acids is 1. The molecule has 0 saturated carbocycles. The smallest absolute Gasteiger partial charge is 0.254 e. The van der Waals surface area contributed by atoms with Gasteiger partial charge in [0.15, 0.2) is 0 Å². The molecule has 5 heteroatoms. The lowest BCUT2D eigenvalue weighted by Crippen LogP contribution is -2.40. The first-order valence-corrected chi connectivity index (χ1v) is 7.85. The second-order valence-electron chi connectivity index (χ2n) is 5.73.